The molecule has 1 aliphatic carbocycles. The summed E-state index contributed by atoms with van der Waals surface area (Å²) in [4.78, 5) is 12.3. The van der Waals surface area contributed by atoms with E-state index >= 15 is 0 Å². The van der Waals surface area contributed by atoms with Crippen molar-refractivity contribution in [1.29, 1.82) is 0 Å². The van der Waals surface area contributed by atoms with Gasteiger partial charge in [-0.25, -0.2) is 15.0 Å². The summed E-state index contributed by atoms with van der Waals surface area (Å²) >= 11 is 0. The lowest BCUT2D eigenvalue weighted by Gasteiger charge is -2.16. The van der Waals surface area contributed by atoms with Crippen LogP contribution in [0.4, 0.5) is 5.82 Å². The molecule has 1 atom stereocenters. The highest BCUT2D eigenvalue weighted by Gasteiger charge is 2.38. The highest BCUT2D eigenvalue weighted by atomic mass is 31.2. The van der Waals surface area contributed by atoms with Gasteiger partial charge in [0.05, 0.1) is 19.4 Å². The summed E-state index contributed by atoms with van der Waals surface area (Å²) < 4.78 is 25.0. The summed E-state index contributed by atoms with van der Waals surface area (Å²) in [7, 11) is -3.01. The predicted octanol–water partition coefficient (Wildman–Crippen LogP) is 2.54. The van der Waals surface area contributed by atoms with Crippen LogP contribution in [0.1, 0.15) is 20.3 Å². The minimum Gasteiger partial charge on any atom is -0.382 e. The molecule has 9 heteroatoms. The van der Waals surface area contributed by atoms with Crippen molar-refractivity contribution in [2.75, 3.05) is 25.1 Å². The number of fused-ring (bicyclic) bond motifs is 1. The molecule has 0 amide bonds. The number of nitrogen functional groups attached to an aromatic ring is 1. The maximum absolute atomic E-state index is 12.5. The Hall–Kier alpha value is -1.76. The Morgan fingerprint density at radius 1 is 1.35 bits per heavy atom. The van der Waals surface area contributed by atoms with Gasteiger partial charge in [-0.1, -0.05) is 0 Å². The quantitative estimate of drug-likeness (QED) is 0.774. The monoisotopic (exact) mass is 337 g/mol. The Labute approximate surface area is 134 Å². The number of hydrogen-bond donors (Lipinski definition) is 1. The molecular formula is C14H20N5O3P. The van der Waals surface area contributed by atoms with Gasteiger partial charge >= 0.3 is 7.60 Å². The van der Waals surface area contributed by atoms with E-state index in [0.29, 0.717) is 36.4 Å². The summed E-state index contributed by atoms with van der Waals surface area (Å²) in [5.41, 5.74) is 8.18. The van der Waals surface area contributed by atoms with Crippen LogP contribution in [0.25, 0.3) is 17.4 Å². The standard InChI is InChI=1S/C14H20N5O3P/c1-3-21-23(20,22-4-2)7-11-5-10(11)6-19-9-18-12-13(15)16-8-17-14(12)19/h6,8-9,11H,3-5,7H2,1-2H3,(H2,15,16,17)/b10-6+. The molecule has 23 heavy (non-hydrogen) atoms. The number of imidazole rings is 1. The maximum Gasteiger partial charge on any atom is 0.331 e. The van der Waals surface area contributed by atoms with Crippen LogP contribution >= 0.6 is 7.60 Å². The van der Waals surface area contributed by atoms with Crippen LogP contribution in [0.15, 0.2) is 18.2 Å². The van der Waals surface area contributed by atoms with Crippen molar-refractivity contribution in [1.82, 2.24) is 19.5 Å². The number of nitrogens with zero attached hydrogens (tertiary/aromatic N) is 4. The molecule has 0 spiro atoms. The molecule has 1 saturated carbocycles. The number of allylic oxidation sites excluding steroid dienone is 1. The van der Waals surface area contributed by atoms with Crippen LogP contribution in [0.2, 0.25) is 0 Å². The van der Waals surface area contributed by atoms with Crippen LogP contribution in [-0.2, 0) is 13.6 Å². The molecule has 0 radical (unpaired) electrons. The maximum atomic E-state index is 12.5. The van der Waals surface area contributed by atoms with Crippen molar-refractivity contribution < 1.29 is 13.6 Å². The van der Waals surface area contributed by atoms with E-state index in [9.17, 15) is 4.57 Å². The Kier molecular flexibility index (Phi) is 4.48. The highest BCUT2D eigenvalue weighted by Crippen LogP contribution is 2.56. The summed E-state index contributed by atoms with van der Waals surface area (Å²) in [5.74, 6) is 0.562. The molecule has 1 aliphatic rings. The highest BCUT2D eigenvalue weighted by molar-refractivity contribution is 7.53. The first-order chi connectivity index (χ1) is 11.1. The molecule has 0 aromatic carbocycles. The van der Waals surface area contributed by atoms with Gasteiger partial charge in [-0.15, -0.1) is 0 Å². The third-order valence-corrected chi connectivity index (χ3v) is 5.83. The topological polar surface area (TPSA) is 105 Å². The van der Waals surface area contributed by atoms with Crippen LogP contribution in [0.3, 0.4) is 0 Å². The van der Waals surface area contributed by atoms with E-state index in [2.05, 4.69) is 15.0 Å². The van der Waals surface area contributed by atoms with Gasteiger partial charge in [-0.2, -0.15) is 0 Å². The second-order valence-electron chi connectivity index (χ2n) is 5.32. The first-order valence-corrected chi connectivity index (χ1v) is 9.30. The molecule has 124 valence electrons. The Bertz CT molecular complexity index is 778. The number of hydrogen-bond acceptors (Lipinski definition) is 7. The van der Waals surface area contributed by atoms with Gasteiger partial charge in [0.1, 0.15) is 12.7 Å². The van der Waals surface area contributed by atoms with Gasteiger partial charge < -0.3 is 14.8 Å². The van der Waals surface area contributed by atoms with Crippen LogP contribution in [0.5, 0.6) is 0 Å². The van der Waals surface area contributed by atoms with Crippen molar-refractivity contribution in [2.45, 2.75) is 20.3 Å². The first kappa shape index (κ1) is 16.1. The molecule has 0 saturated heterocycles. The molecule has 2 N–H and O–H groups in total. The third kappa shape index (κ3) is 3.44. The second-order valence-corrected chi connectivity index (χ2v) is 7.42. The average Bonchev–Trinajstić information content (AvgIpc) is 3.06. The molecule has 2 aromatic heterocycles. The van der Waals surface area contributed by atoms with Crippen LogP contribution < -0.4 is 5.73 Å². The molecule has 1 fully saturated rings. The summed E-state index contributed by atoms with van der Waals surface area (Å²) in [6.07, 6.45) is 6.29. The summed E-state index contributed by atoms with van der Waals surface area (Å²) in [6, 6.07) is 0. The van der Waals surface area contributed by atoms with Crippen molar-refractivity contribution in [3.05, 3.63) is 18.2 Å². The summed E-state index contributed by atoms with van der Waals surface area (Å²) in [5, 5.41) is 0. The van der Waals surface area contributed by atoms with Gasteiger partial charge in [-0.3, -0.25) is 9.13 Å². The molecular weight excluding hydrogens is 317 g/mol. The Morgan fingerprint density at radius 2 is 2.09 bits per heavy atom. The van der Waals surface area contributed by atoms with Crippen molar-refractivity contribution in [3.8, 4) is 0 Å². The van der Waals surface area contributed by atoms with E-state index in [-0.39, 0.29) is 5.92 Å². The molecule has 1 unspecified atom stereocenters. The largest absolute Gasteiger partial charge is 0.382 e. The van der Waals surface area contributed by atoms with E-state index in [1.165, 1.54) is 11.9 Å². The van der Waals surface area contributed by atoms with Gasteiger partial charge in [-0.05, 0) is 31.8 Å². The zero-order valence-electron chi connectivity index (χ0n) is 13.2. The van der Waals surface area contributed by atoms with E-state index in [1.54, 1.807) is 6.33 Å². The fraction of sp³-hybridized carbons (Fsp3) is 0.500. The lowest BCUT2D eigenvalue weighted by atomic mass is 10.4. The van der Waals surface area contributed by atoms with E-state index < -0.39 is 7.60 Å². The lowest BCUT2D eigenvalue weighted by molar-refractivity contribution is 0.219. The fourth-order valence-corrected chi connectivity index (χ4v) is 4.49. The Morgan fingerprint density at radius 3 is 2.78 bits per heavy atom. The molecule has 2 aromatic rings. The normalized spacial score (nSPS) is 19.6. The molecule has 2 heterocycles. The lowest BCUT2D eigenvalue weighted by Crippen LogP contribution is -2.01. The zero-order chi connectivity index (χ0) is 16.4. The first-order valence-electron chi connectivity index (χ1n) is 7.58. The van der Waals surface area contributed by atoms with Gasteiger partial charge in [0.15, 0.2) is 17.0 Å². The molecule has 8 nitrogen and oxygen atoms in total. The average molecular weight is 337 g/mol. The van der Waals surface area contributed by atoms with Crippen molar-refractivity contribution in [2.24, 2.45) is 5.92 Å². The molecule has 3 rings (SSSR count). The van der Waals surface area contributed by atoms with Gasteiger partial charge in [0.2, 0.25) is 0 Å². The van der Waals surface area contributed by atoms with E-state index in [0.717, 1.165) is 6.42 Å². The Balaban J connectivity index is 1.75. The second kappa shape index (κ2) is 6.39. The van der Waals surface area contributed by atoms with Gasteiger partial charge in [0.25, 0.3) is 0 Å². The van der Waals surface area contributed by atoms with Crippen LogP contribution in [-0.4, -0.2) is 38.9 Å². The number of nitrogens with two attached hydrogens (primary N) is 1. The molecule has 0 aliphatic heterocycles. The number of aromatic nitrogens is 4. The predicted molar refractivity (Wildman–Crippen MR) is 87.8 cm³/mol. The molecule has 0 bridgehead atoms. The number of anilines is 1. The van der Waals surface area contributed by atoms with Crippen molar-refractivity contribution in [3.63, 3.8) is 0 Å². The third-order valence-electron chi connectivity index (χ3n) is 3.63. The fourth-order valence-electron chi connectivity index (χ4n) is 2.51. The number of rotatable bonds is 7. The van der Waals surface area contributed by atoms with Crippen molar-refractivity contribution >= 4 is 30.8 Å². The van der Waals surface area contributed by atoms with Crippen LogP contribution in [0, 0.1) is 5.92 Å². The summed E-state index contributed by atoms with van der Waals surface area (Å²) in [6.45, 7) is 4.39. The smallest absolute Gasteiger partial charge is 0.331 e. The minimum atomic E-state index is -3.01. The SMILES string of the molecule is CCOP(=O)(CC1C/C1=C\n1cnc2c(N)ncnc21)OCC. The minimum absolute atomic E-state index is 0.204. The van der Waals surface area contributed by atoms with E-state index in [4.69, 9.17) is 14.8 Å². The van der Waals surface area contributed by atoms with Gasteiger partial charge in [0, 0.05) is 6.20 Å². The zero-order valence-corrected chi connectivity index (χ0v) is 14.1. The van der Waals surface area contributed by atoms with E-state index in [1.807, 2.05) is 24.6 Å².